The van der Waals surface area contributed by atoms with Crippen molar-refractivity contribution in [3.63, 3.8) is 0 Å². The molecule has 4 rings (SSSR count). The Kier molecular flexibility index (Phi) is 19.4. The summed E-state index contributed by atoms with van der Waals surface area (Å²) >= 11 is 3.56. The van der Waals surface area contributed by atoms with Gasteiger partial charge >= 0.3 is 88.7 Å². The minimum atomic E-state index is -4.82. The van der Waals surface area contributed by atoms with Gasteiger partial charge in [-0.2, -0.15) is 4.58 Å². The minimum Gasteiger partial charge on any atom is -0.748 e. The van der Waals surface area contributed by atoms with E-state index in [1.54, 1.807) is 126 Å². The predicted molar refractivity (Wildman–Crippen MR) is 207 cm³/mol. The molecule has 0 saturated heterocycles. The molecule has 2 aromatic carbocycles. The number of benzene rings is 2. The summed E-state index contributed by atoms with van der Waals surface area (Å²) in [5, 5.41) is 0. The molecule has 0 atom stereocenters. The first kappa shape index (κ1) is 54.0. The number of nitrogens with zero attached hydrogens (tertiary/aromatic N) is 2. The standard InChI is InChI=1S/C32H36I2N2O12S4.3Na/c1-20(8-6-10-25-31(2,3)27-21(35(25)16-18-49(37,38)39)12-14-23(29(27)33)51(43,44)45)9-7-11-26-32(4,5)28-22(36(26)17-19-50(40,41)42)13-15-24(30(28)34)52(46,47)48;;;/h6-15H,16-19H2,1-5H3,(H3-,37,38,39,40,41,42,43,44,45,46,47,48);;;/q;3*+1/p-3/i33+4,34+4;;;. The molecule has 0 aliphatic carbocycles. The fourth-order valence-electron chi connectivity index (χ4n) is 6.43. The molecule has 0 unspecified atom stereocenters. The second-order valence-corrected chi connectivity index (χ2v) is 21.0. The summed E-state index contributed by atoms with van der Waals surface area (Å²) in [7, 11) is -18.9. The smallest absolute Gasteiger partial charge is 0.748 e. The first-order chi connectivity index (χ1) is 23.6. The third-order valence-corrected chi connectivity index (χ3v) is 14.9. The summed E-state index contributed by atoms with van der Waals surface area (Å²) < 4.78 is 143. The number of rotatable bonds is 12. The summed E-state index contributed by atoms with van der Waals surface area (Å²) in [5.74, 6) is -1.45. The van der Waals surface area contributed by atoms with E-state index in [1.165, 1.54) is 12.1 Å². The Labute approximate surface area is 416 Å². The van der Waals surface area contributed by atoms with Crippen molar-refractivity contribution in [2.45, 2.75) is 55.2 Å². The number of halogens is 2. The summed E-state index contributed by atoms with van der Waals surface area (Å²) in [6, 6.07) is 5.15. The predicted octanol–water partition coefficient (Wildman–Crippen LogP) is -5.08. The summed E-state index contributed by atoms with van der Waals surface area (Å²) in [6.07, 6.45) is 10.2. The van der Waals surface area contributed by atoms with Crippen LogP contribution in [0.4, 0.5) is 11.4 Å². The minimum absolute atomic E-state index is 0. The zero-order valence-corrected chi connectivity index (χ0v) is 44.9. The zero-order chi connectivity index (χ0) is 39.4. The molecule has 0 aromatic heterocycles. The molecular weight excluding hydrogens is 1060 g/mol. The van der Waals surface area contributed by atoms with E-state index in [1.807, 2.05) is 0 Å². The van der Waals surface area contributed by atoms with Crippen molar-refractivity contribution in [3.8, 4) is 0 Å². The molecule has 0 amide bonds. The molecule has 23 heteroatoms. The Balaban J connectivity index is 0.00000504. The molecule has 55 heavy (non-hydrogen) atoms. The largest absolute Gasteiger partial charge is 1.00 e. The van der Waals surface area contributed by atoms with Crippen molar-refractivity contribution in [1.29, 1.82) is 0 Å². The Bertz CT molecular complexity index is 2460. The fourth-order valence-corrected chi connectivity index (χ4v) is 12.2. The first-order valence-electron chi connectivity index (χ1n) is 15.2. The number of hydrogen-bond donors (Lipinski definition) is 0. The van der Waals surface area contributed by atoms with Gasteiger partial charge in [0.05, 0.1) is 42.4 Å². The molecular formula is C32H33I2N2Na3O12S4. The maximum absolute atomic E-state index is 11.9. The maximum Gasteiger partial charge on any atom is 1.00 e. The van der Waals surface area contributed by atoms with Crippen LogP contribution in [-0.4, -0.2) is 86.8 Å². The molecule has 0 N–H and O–H groups in total. The van der Waals surface area contributed by atoms with Gasteiger partial charge in [-0.3, -0.25) is 0 Å². The van der Waals surface area contributed by atoms with Crippen LogP contribution in [0.1, 0.15) is 45.7 Å². The third kappa shape index (κ3) is 12.5. The van der Waals surface area contributed by atoms with Gasteiger partial charge in [0.15, 0.2) is 12.3 Å². The van der Waals surface area contributed by atoms with Gasteiger partial charge in [0.1, 0.15) is 30.4 Å². The van der Waals surface area contributed by atoms with Crippen molar-refractivity contribution >= 4 is 103 Å². The molecule has 0 spiro atoms. The van der Waals surface area contributed by atoms with Crippen molar-refractivity contribution in [3.05, 3.63) is 90.3 Å². The van der Waals surface area contributed by atoms with Crippen LogP contribution in [0.5, 0.6) is 0 Å². The molecule has 2 aromatic rings. The summed E-state index contributed by atoms with van der Waals surface area (Å²) in [6.45, 7) is 8.47. The van der Waals surface area contributed by atoms with Crippen LogP contribution in [0, 0.1) is 7.14 Å². The van der Waals surface area contributed by atoms with Crippen LogP contribution >= 0.6 is 45.2 Å². The third-order valence-electron chi connectivity index (χ3n) is 8.76. The molecule has 284 valence electrons. The van der Waals surface area contributed by atoms with E-state index in [4.69, 9.17) is 0 Å². The average molecular weight is 1100 g/mol. The number of allylic oxidation sites excluding steroid dienone is 8. The van der Waals surface area contributed by atoms with Gasteiger partial charge in [0.25, 0.3) is 0 Å². The van der Waals surface area contributed by atoms with Gasteiger partial charge in [0.2, 0.25) is 5.69 Å². The van der Waals surface area contributed by atoms with E-state index in [0.29, 0.717) is 39.5 Å². The van der Waals surface area contributed by atoms with Crippen LogP contribution in [-0.2, 0) is 51.3 Å². The molecule has 2 aliphatic heterocycles. The Morgan fingerprint density at radius 1 is 0.745 bits per heavy atom. The molecule has 0 saturated carbocycles. The van der Waals surface area contributed by atoms with Gasteiger partial charge in [-0.25, -0.2) is 33.7 Å². The first-order valence-corrected chi connectivity index (χ1v) is 23.3. The topological polar surface area (TPSA) is 235 Å². The van der Waals surface area contributed by atoms with E-state index in [-0.39, 0.29) is 109 Å². The molecule has 2 heterocycles. The molecule has 0 fully saturated rings. The number of fused-ring (bicyclic) bond motifs is 2. The Morgan fingerprint density at radius 2 is 1.25 bits per heavy atom. The molecule has 0 bridgehead atoms. The van der Waals surface area contributed by atoms with Crippen LogP contribution in [0.2, 0.25) is 0 Å². The van der Waals surface area contributed by atoms with E-state index in [9.17, 15) is 51.9 Å². The summed E-state index contributed by atoms with van der Waals surface area (Å²) in [4.78, 5) is 0.781. The van der Waals surface area contributed by atoms with E-state index in [2.05, 4.69) is 0 Å². The monoisotopic (exact) mass is 1100 g/mol. The Morgan fingerprint density at radius 3 is 1.76 bits per heavy atom. The van der Waals surface area contributed by atoms with Gasteiger partial charge < -0.3 is 23.1 Å². The van der Waals surface area contributed by atoms with E-state index in [0.717, 1.165) is 12.1 Å². The van der Waals surface area contributed by atoms with Crippen molar-refractivity contribution < 1.29 is 145 Å². The van der Waals surface area contributed by atoms with Crippen molar-refractivity contribution in [1.82, 2.24) is 0 Å². The maximum atomic E-state index is 11.9. The number of hydrogen-bond acceptors (Lipinski definition) is 13. The second kappa shape index (κ2) is 19.8. The SMILES string of the molecule is CC(/C=C/C=C1/N(CCS(=O)(=O)[O-])c2ccc(S(=O)(=O)[O-])c([131I])c2C1(C)C)=C\C=C\C1=[N+](CCS(=O)(=O)[O-])c2ccc(S(=O)(=O)[O-])c([131I])c2C1(C)C.[Na+].[Na+].[Na+]. The second-order valence-electron chi connectivity index (χ2n) is 13.1. The molecule has 2 aliphatic rings. The fraction of sp³-hybridized carbons (Fsp3) is 0.344. The van der Waals surface area contributed by atoms with Crippen molar-refractivity contribution in [2.24, 2.45) is 0 Å². The van der Waals surface area contributed by atoms with E-state index < -0.39 is 72.6 Å². The van der Waals surface area contributed by atoms with Gasteiger partial charge in [-0.05, 0) is 90.2 Å². The normalized spacial score (nSPS) is 17.6. The average Bonchev–Trinajstić information content (AvgIpc) is 3.32. The van der Waals surface area contributed by atoms with Gasteiger partial charge in [-0.1, -0.05) is 43.7 Å². The molecule has 14 nitrogen and oxygen atoms in total. The van der Waals surface area contributed by atoms with Crippen LogP contribution < -0.4 is 93.6 Å². The zero-order valence-electron chi connectivity index (χ0n) is 31.3. The van der Waals surface area contributed by atoms with Gasteiger partial charge in [-0.15, -0.1) is 0 Å². The molecule has 0 radical (unpaired) electrons. The summed E-state index contributed by atoms with van der Waals surface area (Å²) in [5.41, 5.74) is 1.87. The van der Waals surface area contributed by atoms with Crippen LogP contribution in [0.3, 0.4) is 0 Å². The van der Waals surface area contributed by atoms with Gasteiger partial charge in [0, 0.05) is 48.2 Å². The van der Waals surface area contributed by atoms with Crippen LogP contribution in [0.25, 0.3) is 0 Å². The Hall–Kier alpha value is 0.970. The number of anilines is 1. The van der Waals surface area contributed by atoms with Crippen LogP contribution in [0.15, 0.2) is 81.8 Å². The van der Waals surface area contributed by atoms with E-state index >= 15 is 0 Å². The quantitative estimate of drug-likeness (QED) is 0.0638. The van der Waals surface area contributed by atoms with Crippen molar-refractivity contribution in [2.75, 3.05) is 29.5 Å².